The number of carbonyl (C=O) groups excluding carboxylic acids is 1. The molecule has 0 saturated carbocycles. The number of carbonyl (C=O) groups is 1. The lowest BCUT2D eigenvalue weighted by Gasteiger charge is -2.12. The monoisotopic (exact) mass is 197 g/mol. The first-order valence-electron chi connectivity index (χ1n) is 3.82. The molecule has 0 aliphatic carbocycles. The minimum absolute atomic E-state index is 0.0447. The number of carboxylic acid groups (broad SMARTS) is 1. The number of rotatable bonds is 3. The lowest BCUT2D eigenvalue weighted by Crippen LogP contribution is -2.29. The predicted octanol–water partition coefficient (Wildman–Crippen LogP) is -0.816. The number of benzene rings is 1. The molecular weight excluding hydrogens is 188 g/mol. The Balaban J connectivity index is 3.02. The summed E-state index contributed by atoms with van der Waals surface area (Å²) in [5, 5.41) is 28.6. The average Bonchev–Trinajstić information content (AvgIpc) is 2.16. The molecule has 0 aliphatic rings. The standard InChI is InChI=1S/C9H10O5/c1-14-7-3-2-5(4-6(7)10)8(11)9(12)13/h2-4,8,10-11H,1H3,(H,12,13)/p-1/t8-/m0/s1. The van der Waals surface area contributed by atoms with Gasteiger partial charge in [0.1, 0.15) is 6.10 Å². The molecule has 76 valence electrons. The topological polar surface area (TPSA) is 89.8 Å². The van der Waals surface area contributed by atoms with Crippen LogP contribution in [0.1, 0.15) is 11.7 Å². The van der Waals surface area contributed by atoms with Gasteiger partial charge in [-0.15, -0.1) is 0 Å². The van der Waals surface area contributed by atoms with Crippen LogP contribution in [-0.2, 0) is 4.79 Å². The molecule has 2 N–H and O–H groups in total. The molecule has 1 aromatic carbocycles. The van der Waals surface area contributed by atoms with Crippen LogP contribution >= 0.6 is 0 Å². The average molecular weight is 197 g/mol. The summed E-state index contributed by atoms with van der Waals surface area (Å²) < 4.78 is 4.75. The molecule has 5 heteroatoms. The van der Waals surface area contributed by atoms with Crippen LogP contribution in [0.2, 0.25) is 0 Å². The highest BCUT2D eigenvalue weighted by molar-refractivity contribution is 5.72. The second kappa shape index (κ2) is 3.97. The molecule has 0 bridgehead atoms. The van der Waals surface area contributed by atoms with Gasteiger partial charge in [-0.05, 0) is 17.7 Å². The fourth-order valence-electron chi connectivity index (χ4n) is 1.01. The Morgan fingerprint density at radius 1 is 1.57 bits per heavy atom. The van der Waals surface area contributed by atoms with Gasteiger partial charge >= 0.3 is 0 Å². The van der Waals surface area contributed by atoms with Gasteiger partial charge in [-0.25, -0.2) is 0 Å². The fraction of sp³-hybridized carbons (Fsp3) is 0.222. The lowest BCUT2D eigenvalue weighted by atomic mass is 10.1. The summed E-state index contributed by atoms with van der Waals surface area (Å²) in [5.74, 6) is -1.64. The highest BCUT2D eigenvalue weighted by Gasteiger charge is 2.10. The third-order valence-electron chi connectivity index (χ3n) is 1.74. The van der Waals surface area contributed by atoms with Gasteiger partial charge in [0.2, 0.25) is 0 Å². The molecular formula is C9H9O5-. The van der Waals surface area contributed by atoms with Crippen molar-refractivity contribution in [2.45, 2.75) is 6.10 Å². The summed E-state index contributed by atoms with van der Waals surface area (Å²) in [6.07, 6.45) is -1.74. The van der Waals surface area contributed by atoms with Crippen molar-refractivity contribution < 1.29 is 24.9 Å². The van der Waals surface area contributed by atoms with Gasteiger partial charge in [0, 0.05) is 0 Å². The highest BCUT2D eigenvalue weighted by atomic mass is 16.5. The van der Waals surface area contributed by atoms with Crippen LogP contribution in [0.3, 0.4) is 0 Å². The number of aromatic hydroxyl groups is 1. The van der Waals surface area contributed by atoms with Gasteiger partial charge in [-0.3, -0.25) is 0 Å². The molecule has 0 spiro atoms. The summed E-state index contributed by atoms with van der Waals surface area (Å²) in [5.41, 5.74) is 0.0447. The first kappa shape index (κ1) is 10.3. The van der Waals surface area contributed by atoms with E-state index in [0.29, 0.717) is 0 Å². The maximum Gasteiger partial charge on any atom is 0.160 e. The number of phenols is 1. The van der Waals surface area contributed by atoms with Crippen LogP contribution in [0.4, 0.5) is 0 Å². The van der Waals surface area contributed by atoms with Crippen molar-refractivity contribution in [1.29, 1.82) is 0 Å². The Kier molecular flexibility index (Phi) is 2.93. The van der Waals surface area contributed by atoms with Crippen molar-refractivity contribution in [3.63, 3.8) is 0 Å². The number of phenolic OH excluding ortho intramolecular Hbond substituents is 1. The minimum atomic E-state index is -1.74. The number of methoxy groups -OCH3 is 1. The predicted molar refractivity (Wildman–Crippen MR) is 44.6 cm³/mol. The van der Waals surface area contributed by atoms with Gasteiger partial charge in [0.25, 0.3) is 0 Å². The minimum Gasteiger partial charge on any atom is -0.547 e. The molecule has 0 unspecified atom stereocenters. The molecule has 0 fully saturated rings. The summed E-state index contributed by atoms with van der Waals surface area (Å²) >= 11 is 0. The van der Waals surface area contributed by atoms with Crippen LogP contribution in [0.15, 0.2) is 18.2 Å². The Hall–Kier alpha value is -1.75. The van der Waals surface area contributed by atoms with Gasteiger partial charge in [-0.1, -0.05) is 6.07 Å². The summed E-state index contributed by atoms with van der Waals surface area (Å²) in [4.78, 5) is 10.3. The second-order valence-corrected chi connectivity index (χ2v) is 2.65. The number of ether oxygens (including phenoxy) is 1. The van der Waals surface area contributed by atoms with Crippen LogP contribution in [0.25, 0.3) is 0 Å². The zero-order chi connectivity index (χ0) is 10.7. The smallest absolute Gasteiger partial charge is 0.160 e. The second-order valence-electron chi connectivity index (χ2n) is 2.65. The van der Waals surface area contributed by atoms with Crippen molar-refractivity contribution in [2.24, 2.45) is 0 Å². The molecule has 0 aromatic heterocycles. The van der Waals surface area contributed by atoms with Crippen molar-refractivity contribution in [1.82, 2.24) is 0 Å². The molecule has 14 heavy (non-hydrogen) atoms. The van der Waals surface area contributed by atoms with Crippen LogP contribution in [0.5, 0.6) is 11.5 Å². The maximum atomic E-state index is 10.3. The molecule has 0 heterocycles. The first-order chi connectivity index (χ1) is 6.56. The number of hydrogen-bond donors (Lipinski definition) is 2. The Morgan fingerprint density at radius 3 is 2.64 bits per heavy atom. The van der Waals surface area contributed by atoms with Gasteiger partial charge < -0.3 is 24.9 Å². The fourth-order valence-corrected chi connectivity index (χ4v) is 1.01. The number of aliphatic hydroxyl groups is 1. The highest BCUT2D eigenvalue weighted by Crippen LogP contribution is 2.28. The van der Waals surface area contributed by atoms with Crippen LogP contribution < -0.4 is 9.84 Å². The van der Waals surface area contributed by atoms with Crippen molar-refractivity contribution in [3.8, 4) is 11.5 Å². The summed E-state index contributed by atoms with van der Waals surface area (Å²) in [6, 6.07) is 3.80. The number of carboxylic acids is 1. The van der Waals surface area contributed by atoms with Crippen molar-refractivity contribution in [3.05, 3.63) is 23.8 Å². The lowest BCUT2D eigenvalue weighted by molar-refractivity contribution is -0.315. The first-order valence-corrected chi connectivity index (χ1v) is 3.82. The van der Waals surface area contributed by atoms with E-state index in [-0.39, 0.29) is 17.1 Å². The van der Waals surface area contributed by atoms with E-state index in [1.807, 2.05) is 0 Å². The van der Waals surface area contributed by atoms with Gasteiger partial charge in [0.15, 0.2) is 11.5 Å². The van der Waals surface area contributed by atoms with Crippen LogP contribution in [-0.4, -0.2) is 23.3 Å². The Labute approximate surface area is 80.2 Å². The van der Waals surface area contributed by atoms with E-state index in [1.165, 1.54) is 19.2 Å². The van der Waals surface area contributed by atoms with Gasteiger partial charge in [0.05, 0.1) is 13.1 Å². The summed E-state index contributed by atoms with van der Waals surface area (Å²) in [6.45, 7) is 0. The Bertz CT molecular complexity index is 347. The summed E-state index contributed by atoms with van der Waals surface area (Å²) in [7, 11) is 1.36. The molecule has 0 saturated heterocycles. The van der Waals surface area contributed by atoms with Crippen molar-refractivity contribution in [2.75, 3.05) is 7.11 Å². The SMILES string of the molecule is COc1ccc([C@H](O)C(=O)[O-])cc1O. The van der Waals surface area contributed by atoms with E-state index in [1.54, 1.807) is 0 Å². The van der Waals surface area contributed by atoms with E-state index in [2.05, 4.69) is 0 Å². The molecule has 5 nitrogen and oxygen atoms in total. The third kappa shape index (κ3) is 1.94. The van der Waals surface area contributed by atoms with E-state index in [0.717, 1.165) is 6.07 Å². The number of hydrogen-bond acceptors (Lipinski definition) is 5. The molecule has 0 radical (unpaired) electrons. The number of aliphatic carboxylic acids is 1. The van der Waals surface area contributed by atoms with E-state index >= 15 is 0 Å². The third-order valence-corrected chi connectivity index (χ3v) is 1.74. The zero-order valence-corrected chi connectivity index (χ0v) is 7.43. The van der Waals surface area contributed by atoms with E-state index < -0.39 is 12.1 Å². The Morgan fingerprint density at radius 2 is 2.21 bits per heavy atom. The van der Waals surface area contributed by atoms with Crippen LogP contribution in [0, 0.1) is 0 Å². The quantitative estimate of drug-likeness (QED) is 0.661. The number of aliphatic hydroxyl groups excluding tert-OH is 1. The maximum absolute atomic E-state index is 10.3. The van der Waals surface area contributed by atoms with Gasteiger partial charge in [-0.2, -0.15) is 0 Å². The molecule has 1 rings (SSSR count). The molecule has 1 aromatic rings. The largest absolute Gasteiger partial charge is 0.547 e. The molecule has 1 atom stereocenters. The molecule has 0 amide bonds. The molecule has 0 aliphatic heterocycles. The van der Waals surface area contributed by atoms with E-state index in [9.17, 15) is 15.0 Å². The normalized spacial score (nSPS) is 12.1. The van der Waals surface area contributed by atoms with Crippen molar-refractivity contribution >= 4 is 5.97 Å². The zero-order valence-electron chi connectivity index (χ0n) is 7.43. The van der Waals surface area contributed by atoms with E-state index in [4.69, 9.17) is 9.84 Å².